The maximum absolute atomic E-state index is 12.3. The fourth-order valence-corrected chi connectivity index (χ4v) is 2.79. The van der Waals surface area contributed by atoms with E-state index in [1.54, 1.807) is 0 Å². The van der Waals surface area contributed by atoms with Gasteiger partial charge in [0, 0.05) is 6.54 Å². The first-order chi connectivity index (χ1) is 8.55. The average Bonchev–Trinajstić information content (AvgIpc) is 3.00. The maximum Gasteiger partial charge on any atom is 0.311 e. The van der Waals surface area contributed by atoms with Crippen molar-refractivity contribution in [2.75, 3.05) is 13.1 Å². The second-order valence-electron chi connectivity index (χ2n) is 5.63. The third-order valence-electron chi connectivity index (χ3n) is 4.25. The molecule has 5 nitrogen and oxygen atoms in total. The molecule has 1 saturated heterocycles. The van der Waals surface area contributed by atoms with E-state index in [0.29, 0.717) is 12.8 Å². The number of nitrogens with one attached hydrogen (secondary N) is 2. The van der Waals surface area contributed by atoms with Crippen LogP contribution in [0.25, 0.3) is 0 Å². The lowest BCUT2D eigenvalue weighted by Crippen LogP contribution is -2.54. The van der Waals surface area contributed by atoms with E-state index in [-0.39, 0.29) is 12.5 Å². The summed E-state index contributed by atoms with van der Waals surface area (Å²) in [5.41, 5.74) is -1.13. The van der Waals surface area contributed by atoms with Gasteiger partial charge in [0.1, 0.15) is 0 Å². The Balaban J connectivity index is 1.92. The number of rotatable bonds is 6. The highest BCUT2D eigenvalue weighted by Crippen LogP contribution is 2.45. The number of hydrogen-bond acceptors (Lipinski definition) is 3. The van der Waals surface area contributed by atoms with Crippen LogP contribution in [0.1, 0.15) is 45.4 Å². The van der Waals surface area contributed by atoms with Gasteiger partial charge < -0.3 is 15.7 Å². The summed E-state index contributed by atoms with van der Waals surface area (Å²) in [6.45, 7) is 3.21. The molecule has 0 spiro atoms. The van der Waals surface area contributed by atoms with E-state index >= 15 is 0 Å². The summed E-state index contributed by atoms with van der Waals surface area (Å²) in [4.78, 5) is 23.3. The Morgan fingerprint density at radius 1 is 1.33 bits per heavy atom. The normalized spacial score (nSPS) is 28.9. The van der Waals surface area contributed by atoms with Gasteiger partial charge in [-0.2, -0.15) is 0 Å². The van der Waals surface area contributed by atoms with E-state index in [4.69, 9.17) is 5.11 Å². The summed E-state index contributed by atoms with van der Waals surface area (Å²) in [5.74, 6) is -0.805. The molecule has 1 heterocycles. The molecule has 1 aliphatic heterocycles. The predicted molar refractivity (Wildman–Crippen MR) is 67.2 cm³/mol. The number of aliphatic carboxylic acids is 1. The number of carbonyl (C=O) groups excluding carboxylic acids is 1. The van der Waals surface area contributed by atoms with Gasteiger partial charge in [-0.15, -0.1) is 0 Å². The molecule has 1 amide bonds. The van der Waals surface area contributed by atoms with Gasteiger partial charge in [0.15, 0.2) is 0 Å². The van der Waals surface area contributed by atoms with Gasteiger partial charge in [0.2, 0.25) is 5.91 Å². The zero-order chi connectivity index (χ0) is 13.2. The number of amides is 1. The molecule has 2 aliphatic rings. The van der Waals surface area contributed by atoms with Crippen LogP contribution in [0.5, 0.6) is 0 Å². The summed E-state index contributed by atoms with van der Waals surface area (Å²) in [6, 6.07) is 0. The first kappa shape index (κ1) is 13.3. The van der Waals surface area contributed by atoms with E-state index in [1.807, 2.05) is 0 Å². The number of carbonyl (C=O) groups is 2. The van der Waals surface area contributed by atoms with Gasteiger partial charge in [-0.3, -0.25) is 9.59 Å². The summed E-state index contributed by atoms with van der Waals surface area (Å²) in [7, 11) is 0. The molecule has 18 heavy (non-hydrogen) atoms. The van der Waals surface area contributed by atoms with Crippen LogP contribution < -0.4 is 10.6 Å². The average molecular weight is 254 g/mol. The van der Waals surface area contributed by atoms with Gasteiger partial charge in [0.05, 0.1) is 11.0 Å². The molecule has 5 heteroatoms. The van der Waals surface area contributed by atoms with Gasteiger partial charge in [0.25, 0.3) is 0 Å². The fraction of sp³-hybridized carbons (Fsp3) is 0.846. The van der Waals surface area contributed by atoms with Crippen LogP contribution in [0.2, 0.25) is 0 Å². The second kappa shape index (κ2) is 4.88. The topological polar surface area (TPSA) is 78.4 Å². The summed E-state index contributed by atoms with van der Waals surface area (Å²) in [5, 5.41) is 15.2. The minimum atomic E-state index is -0.785. The molecule has 0 aromatic rings. The molecule has 0 bridgehead atoms. The standard InChI is InChI=1S/C13H22N2O3/c1-2-4-13(5-3-8-15-13)10(16)14-9-12(6-7-12)11(17)18/h15H,2-9H2,1H3,(H,14,16)(H,17,18). The largest absolute Gasteiger partial charge is 0.481 e. The Bertz CT molecular complexity index is 344. The van der Waals surface area contributed by atoms with Gasteiger partial charge >= 0.3 is 5.97 Å². The van der Waals surface area contributed by atoms with E-state index in [0.717, 1.165) is 32.2 Å². The minimum absolute atomic E-state index is 0.0191. The quantitative estimate of drug-likeness (QED) is 0.658. The third kappa shape index (κ3) is 2.36. The molecule has 0 aromatic heterocycles. The van der Waals surface area contributed by atoms with Crippen molar-refractivity contribution in [2.24, 2.45) is 5.41 Å². The first-order valence-electron chi connectivity index (χ1n) is 6.81. The first-order valence-corrected chi connectivity index (χ1v) is 6.81. The van der Waals surface area contributed by atoms with E-state index in [1.165, 1.54) is 0 Å². The number of carboxylic acid groups (broad SMARTS) is 1. The van der Waals surface area contributed by atoms with Gasteiger partial charge in [-0.05, 0) is 38.6 Å². The third-order valence-corrected chi connectivity index (χ3v) is 4.25. The lowest BCUT2D eigenvalue weighted by molar-refractivity contribution is -0.143. The molecular weight excluding hydrogens is 232 g/mol. The molecule has 0 radical (unpaired) electrons. The van der Waals surface area contributed by atoms with Crippen molar-refractivity contribution >= 4 is 11.9 Å². The van der Waals surface area contributed by atoms with Crippen molar-refractivity contribution in [1.82, 2.24) is 10.6 Å². The highest BCUT2D eigenvalue weighted by atomic mass is 16.4. The van der Waals surface area contributed by atoms with Crippen LogP contribution in [-0.2, 0) is 9.59 Å². The smallest absolute Gasteiger partial charge is 0.311 e. The van der Waals surface area contributed by atoms with Gasteiger partial charge in [-0.25, -0.2) is 0 Å². The van der Waals surface area contributed by atoms with Crippen molar-refractivity contribution in [3.63, 3.8) is 0 Å². The number of hydrogen-bond donors (Lipinski definition) is 3. The lowest BCUT2D eigenvalue weighted by Gasteiger charge is -2.28. The van der Waals surface area contributed by atoms with Crippen LogP contribution in [0.4, 0.5) is 0 Å². The summed E-state index contributed by atoms with van der Waals surface area (Å²) in [6.07, 6.45) is 4.99. The van der Waals surface area contributed by atoms with Gasteiger partial charge in [-0.1, -0.05) is 13.3 Å². The van der Waals surface area contributed by atoms with Crippen molar-refractivity contribution in [3.8, 4) is 0 Å². The molecule has 102 valence electrons. The Hall–Kier alpha value is -1.10. The SMILES string of the molecule is CCCC1(C(=O)NCC2(C(=O)O)CC2)CCCN1. The van der Waals surface area contributed by atoms with Crippen LogP contribution in [-0.4, -0.2) is 35.6 Å². The van der Waals surface area contributed by atoms with Crippen LogP contribution >= 0.6 is 0 Å². The molecule has 1 aliphatic carbocycles. The van der Waals surface area contributed by atoms with Crippen molar-refractivity contribution in [2.45, 2.75) is 51.0 Å². The van der Waals surface area contributed by atoms with E-state index in [2.05, 4.69) is 17.6 Å². The number of carboxylic acids is 1. The molecule has 2 rings (SSSR count). The lowest BCUT2D eigenvalue weighted by atomic mass is 9.90. The predicted octanol–water partition coefficient (Wildman–Crippen LogP) is 0.890. The monoisotopic (exact) mass is 254 g/mol. The Kier molecular flexibility index (Phi) is 3.61. The highest BCUT2D eigenvalue weighted by Gasteiger charge is 2.51. The minimum Gasteiger partial charge on any atom is -0.481 e. The van der Waals surface area contributed by atoms with E-state index in [9.17, 15) is 9.59 Å². The Labute approximate surface area is 107 Å². The molecule has 1 unspecified atom stereocenters. The van der Waals surface area contributed by atoms with Crippen LogP contribution in [0.15, 0.2) is 0 Å². The fourth-order valence-electron chi connectivity index (χ4n) is 2.79. The van der Waals surface area contributed by atoms with E-state index < -0.39 is 16.9 Å². The molecule has 1 atom stereocenters. The molecule has 3 N–H and O–H groups in total. The van der Waals surface area contributed by atoms with Crippen molar-refractivity contribution in [3.05, 3.63) is 0 Å². The van der Waals surface area contributed by atoms with Crippen LogP contribution in [0.3, 0.4) is 0 Å². The zero-order valence-corrected chi connectivity index (χ0v) is 10.9. The molecule has 0 aromatic carbocycles. The Morgan fingerprint density at radius 2 is 2.06 bits per heavy atom. The molecular formula is C13H22N2O3. The van der Waals surface area contributed by atoms with Crippen LogP contribution in [0, 0.1) is 5.41 Å². The van der Waals surface area contributed by atoms with Crippen molar-refractivity contribution in [1.29, 1.82) is 0 Å². The molecule has 1 saturated carbocycles. The summed E-state index contributed by atoms with van der Waals surface area (Å²) < 4.78 is 0. The highest BCUT2D eigenvalue weighted by molar-refractivity contribution is 5.87. The summed E-state index contributed by atoms with van der Waals surface area (Å²) >= 11 is 0. The van der Waals surface area contributed by atoms with Crippen molar-refractivity contribution < 1.29 is 14.7 Å². The maximum atomic E-state index is 12.3. The zero-order valence-electron chi connectivity index (χ0n) is 10.9. The Morgan fingerprint density at radius 3 is 2.50 bits per heavy atom. The second-order valence-corrected chi connectivity index (χ2v) is 5.63. The molecule has 2 fully saturated rings.